The fraction of sp³-hybridized carbons (Fsp3) is 1.00. The van der Waals surface area contributed by atoms with Crippen LogP contribution in [0.5, 0.6) is 0 Å². The quantitative estimate of drug-likeness (QED) is 0.295. The van der Waals surface area contributed by atoms with Crippen LogP contribution in [0.3, 0.4) is 0 Å². The van der Waals surface area contributed by atoms with Crippen molar-refractivity contribution in [1.29, 1.82) is 0 Å². The molecular formula is C12H30Cl4PtS3. The van der Waals surface area contributed by atoms with Crippen LogP contribution in [0.4, 0.5) is 0 Å². The Morgan fingerprint density at radius 1 is 0.400 bits per heavy atom. The number of halogens is 4. The molecule has 0 saturated carbocycles. The Morgan fingerprint density at radius 3 is 0.500 bits per heavy atom. The number of rotatable bonds is 6. The number of hydrogen-bond acceptors (Lipinski definition) is 3. The van der Waals surface area contributed by atoms with Crippen LogP contribution in [0.2, 0.25) is 0 Å². The summed E-state index contributed by atoms with van der Waals surface area (Å²) in [5.41, 5.74) is 0. The number of thioether (sulfide) groups is 3. The van der Waals surface area contributed by atoms with Gasteiger partial charge in [-0.2, -0.15) is 35.3 Å². The second-order valence-corrected chi connectivity index (χ2v) is 7.03. The first-order valence-electron chi connectivity index (χ1n) is 5.97. The van der Waals surface area contributed by atoms with Gasteiger partial charge in [-0.3, -0.25) is 0 Å². The molecule has 0 saturated heterocycles. The molecule has 0 fully saturated rings. The molecule has 0 N–H and O–H groups in total. The third-order valence-corrected chi connectivity index (χ3v) is 3.67. The molecule has 20 heavy (non-hydrogen) atoms. The van der Waals surface area contributed by atoms with E-state index in [1.807, 2.05) is 35.3 Å². The van der Waals surface area contributed by atoms with Gasteiger partial charge in [0.05, 0.1) is 0 Å². The van der Waals surface area contributed by atoms with Crippen LogP contribution >= 0.6 is 35.3 Å². The molecule has 0 nitrogen and oxygen atoms in total. The van der Waals surface area contributed by atoms with Crippen LogP contribution in [-0.2, 0) is 21.1 Å². The first kappa shape index (κ1) is 49.5. The average molecular weight is 607 g/mol. The van der Waals surface area contributed by atoms with Crippen molar-refractivity contribution in [1.82, 2.24) is 0 Å². The van der Waals surface area contributed by atoms with Gasteiger partial charge in [-0.05, 0) is 34.5 Å². The minimum Gasteiger partial charge on any atom is -1.00 e. The van der Waals surface area contributed by atoms with Crippen LogP contribution in [0.1, 0.15) is 41.5 Å². The van der Waals surface area contributed by atoms with Gasteiger partial charge >= 0.3 is 21.1 Å². The van der Waals surface area contributed by atoms with Crippen molar-refractivity contribution < 1.29 is 70.7 Å². The SMILES string of the molecule is CCSCC.CCSCC.CCSCC.[Cl-].[Cl-].[Cl-].[Cl-].[Pt+4]. The van der Waals surface area contributed by atoms with E-state index in [0.717, 1.165) is 0 Å². The molecule has 0 aliphatic heterocycles. The van der Waals surface area contributed by atoms with E-state index in [4.69, 9.17) is 0 Å². The van der Waals surface area contributed by atoms with Gasteiger partial charge in [0.15, 0.2) is 0 Å². The van der Waals surface area contributed by atoms with Gasteiger partial charge in [0.1, 0.15) is 0 Å². The van der Waals surface area contributed by atoms with E-state index in [1.165, 1.54) is 34.5 Å². The molecule has 8 heteroatoms. The minimum atomic E-state index is 0. The number of hydrogen-bond donors (Lipinski definition) is 0. The fourth-order valence-electron chi connectivity index (χ4n) is 0.612. The normalized spacial score (nSPS) is 6.30. The minimum absolute atomic E-state index is 0. The monoisotopic (exact) mass is 605 g/mol. The molecule has 0 atom stereocenters. The van der Waals surface area contributed by atoms with E-state index in [1.54, 1.807) is 0 Å². The Bertz CT molecular complexity index is 67.5. The Morgan fingerprint density at radius 2 is 0.500 bits per heavy atom. The molecule has 0 bridgehead atoms. The van der Waals surface area contributed by atoms with Crippen molar-refractivity contribution in [3.05, 3.63) is 0 Å². The molecule has 0 rings (SSSR count). The van der Waals surface area contributed by atoms with E-state index in [9.17, 15) is 0 Å². The predicted molar refractivity (Wildman–Crippen MR) is 86.0 cm³/mol. The summed E-state index contributed by atoms with van der Waals surface area (Å²) in [6.45, 7) is 13.0. The topological polar surface area (TPSA) is 0 Å². The van der Waals surface area contributed by atoms with E-state index in [2.05, 4.69) is 41.5 Å². The molecular weight excluding hydrogens is 577 g/mol. The van der Waals surface area contributed by atoms with Crippen molar-refractivity contribution in [3.8, 4) is 0 Å². The maximum absolute atomic E-state index is 2.17. The molecule has 0 aromatic rings. The van der Waals surface area contributed by atoms with Crippen LogP contribution in [0, 0.1) is 0 Å². The molecule has 0 amide bonds. The standard InChI is InChI=1S/3C4H10S.4ClH.Pt/c3*1-3-5-4-2;;;;;/h3*3-4H2,1-2H3;4*1H;/q;;;;;;;+4/p-4. The van der Waals surface area contributed by atoms with Crippen LogP contribution in [0.15, 0.2) is 0 Å². The van der Waals surface area contributed by atoms with Crippen molar-refractivity contribution in [3.63, 3.8) is 0 Å². The van der Waals surface area contributed by atoms with Gasteiger partial charge in [-0.15, -0.1) is 0 Å². The van der Waals surface area contributed by atoms with Crippen molar-refractivity contribution >= 4 is 35.3 Å². The zero-order valence-corrected chi connectivity index (χ0v) is 21.0. The second-order valence-electron chi connectivity index (χ2n) is 2.34. The van der Waals surface area contributed by atoms with Crippen molar-refractivity contribution in [2.75, 3.05) is 34.5 Å². The van der Waals surface area contributed by atoms with Gasteiger partial charge in [-0.1, -0.05) is 41.5 Å². The summed E-state index contributed by atoms with van der Waals surface area (Å²) in [7, 11) is 0. The maximum atomic E-state index is 2.17. The third kappa shape index (κ3) is 105. The van der Waals surface area contributed by atoms with Crippen molar-refractivity contribution in [2.45, 2.75) is 41.5 Å². The molecule has 0 aliphatic rings. The Hall–Kier alpha value is 2.90. The molecule has 0 spiro atoms. The second kappa shape index (κ2) is 67.6. The maximum Gasteiger partial charge on any atom is 4.00 e. The van der Waals surface area contributed by atoms with Gasteiger partial charge in [0.25, 0.3) is 0 Å². The smallest absolute Gasteiger partial charge is 1.00 e. The Labute approximate surface area is 180 Å². The molecule has 134 valence electrons. The van der Waals surface area contributed by atoms with E-state index in [0.29, 0.717) is 0 Å². The van der Waals surface area contributed by atoms with Crippen molar-refractivity contribution in [2.24, 2.45) is 0 Å². The average Bonchev–Trinajstić information content (AvgIpc) is 2.23. The van der Waals surface area contributed by atoms with E-state index in [-0.39, 0.29) is 70.7 Å². The molecule has 0 heterocycles. The summed E-state index contributed by atoms with van der Waals surface area (Å²) < 4.78 is 0. The molecule has 0 aliphatic carbocycles. The van der Waals surface area contributed by atoms with Crippen LogP contribution < -0.4 is 49.6 Å². The Kier molecular flexibility index (Phi) is 167. The third-order valence-electron chi connectivity index (χ3n) is 1.22. The van der Waals surface area contributed by atoms with Gasteiger partial charge in [0.2, 0.25) is 0 Å². The summed E-state index contributed by atoms with van der Waals surface area (Å²) in [4.78, 5) is 0. The summed E-state index contributed by atoms with van der Waals surface area (Å²) >= 11 is 5.89. The largest absolute Gasteiger partial charge is 4.00 e. The Balaban J connectivity index is -0.0000000160. The summed E-state index contributed by atoms with van der Waals surface area (Å²) in [6.07, 6.45) is 0. The molecule has 0 radical (unpaired) electrons. The van der Waals surface area contributed by atoms with Crippen LogP contribution in [-0.4, -0.2) is 34.5 Å². The van der Waals surface area contributed by atoms with E-state index >= 15 is 0 Å². The molecule has 0 unspecified atom stereocenters. The predicted octanol–water partition coefficient (Wildman–Crippen LogP) is -6.71. The summed E-state index contributed by atoms with van der Waals surface area (Å²) in [6, 6.07) is 0. The van der Waals surface area contributed by atoms with E-state index < -0.39 is 0 Å². The van der Waals surface area contributed by atoms with Gasteiger partial charge < -0.3 is 49.6 Å². The van der Waals surface area contributed by atoms with Gasteiger partial charge in [-0.25, -0.2) is 0 Å². The van der Waals surface area contributed by atoms with Crippen LogP contribution in [0.25, 0.3) is 0 Å². The zero-order chi connectivity index (χ0) is 12.4. The summed E-state index contributed by atoms with van der Waals surface area (Å²) in [5.74, 6) is 7.56. The molecule has 0 aromatic heterocycles. The van der Waals surface area contributed by atoms with Gasteiger partial charge in [0, 0.05) is 0 Å². The fourth-order valence-corrected chi connectivity index (χ4v) is 1.84. The molecule has 0 aromatic carbocycles. The first-order valence-corrected chi connectivity index (χ1v) is 9.44. The first-order chi connectivity index (χ1) is 7.24. The summed E-state index contributed by atoms with van der Waals surface area (Å²) in [5, 5.41) is 0. The zero-order valence-electron chi connectivity index (χ0n) is 13.3.